The number of nitrogens with zero attached hydrogens (tertiary/aromatic N) is 2. The summed E-state index contributed by atoms with van der Waals surface area (Å²) in [4.78, 5) is 77.1. The molecule has 10 rings (SSSR count). The van der Waals surface area contributed by atoms with Crippen molar-refractivity contribution in [2.75, 3.05) is 41.1 Å². The number of carbonyl (C=O) groups is 5. The van der Waals surface area contributed by atoms with Crippen LogP contribution < -0.4 is 16.0 Å². The van der Waals surface area contributed by atoms with Crippen molar-refractivity contribution >= 4 is 29.4 Å². The van der Waals surface area contributed by atoms with Crippen LogP contribution in [-0.2, 0) is 70.0 Å². The number of phenolic OH excluding ortho intramolecular Hbond substituents is 3. The molecule has 2 aliphatic carbocycles. The van der Waals surface area contributed by atoms with Gasteiger partial charge >= 0.3 is 11.9 Å². The maximum absolute atomic E-state index is 14.3. The number of hydrogen-bond donors (Lipinski definition) is 12. The number of piperidine rings is 1. The van der Waals surface area contributed by atoms with Gasteiger partial charge in [0.25, 0.3) is 16.8 Å². The van der Waals surface area contributed by atoms with Gasteiger partial charge in [-0.15, -0.1) is 16.7 Å². The average Bonchev–Trinajstić information content (AvgIpc) is 0.841. The Balaban J connectivity index is 0.000000284. The van der Waals surface area contributed by atoms with Crippen molar-refractivity contribution < 1.29 is 118 Å². The van der Waals surface area contributed by atoms with Gasteiger partial charge in [-0.2, -0.15) is 0 Å². The average molecular weight is 1550 g/mol. The van der Waals surface area contributed by atoms with Crippen molar-refractivity contribution in [2.24, 2.45) is 41.4 Å². The van der Waals surface area contributed by atoms with E-state index in [2.05, 4.69) is 51.8 Å². The molecule has 13 N–H and O–H groups in total. The molecule has 2 bridgehead atoms. The number of amides is 1. The standard InChI is InChI=1S/C44H69NO12.C21H30O2.C10H14N2O4.C6H10O4.HNO3/c1-10-13-31-19-25(2)18-26(3)20-37(54-8)40-38(55-9)22-28(5)44(52,57-40)41(49)42(50)45-17-12-11-14-32(45)43(51)56-39(29(6)34(47)24-35(31)48)27(4)21-30-15-16-33(46)36(23-30)53-7;1-5-6-7-8-15-12-18(22)20-16-11-14(2)9-10-17(16)21(3,4)23-19(20)13-15;1-10(12-11,9(15)16)5-6-2-3-7(13)8(14)4-6;7-3-1-9-6-4(8)2-10-5(3)6;2-1(3)4/h10,19,21,26,28-34,36-40,46-47,52H,1,11-18,20,22-24H2,2-9H3;11-13,16-17,22H,5-10H2,1-4H3;2-4,12-14H,5,11H2,1H3,(H,15,16);3-8H,1-2H2;(H,2,3,4)/b25-19+,27-21+;;;;/t26-,28+,29+,30-,31+,32-,33+,34-,36+,37-,38-,39+,40+,44+;16-,17-;10-;3-,4+,5-,6-;/m0101./s1. The molecule has 0 unspecified atom stereocenters. The number of benzene rings is 2. The lowest BCUT2D eigenvalue weighted by Gasteiger charge is -2.47. The van der Waals surface area contributed by atoms with Gasteiger partial charge in [-0.1, -0.05) is 82.1 Å². The summed E-state index contributed by atoms with van der Waals surface area (Å²) in [6, 6.07) is 7.10. The number of hydrogen-bond acceptors (Lipinski definition) is 25. The number of hydrazine groups is 1. The Morgan fingerprint density at radius 2 is 1.44 bits per heavy atom. The normalized spacial score (nSPS) is 33.6. The number of Topliss-reactive ketones (excluding diaryl/α,β-unsaturated/α-hetero) is 2. The predicted octanol–water partition coefficient (Wildman–Crippen LogP) is 8.48. The number of allylic oxidation sites excluding steroid dienone is 6. The number of cyclic esters (lactones) is 1. The molecule has 0 aromatic heterocycles. The number of fused-ring (bicyclic) bond motifs is 7. The highest BCUT2D eigenvalue weighted by molar-refractivity contribution is 6.39. The number of aliphatic hydroxyl groups is 5. The highest BCUT2D eigenvalue weighted by atomic mass is 16.9. The van der Waals surface area contributed by atoms with Crippen LogP contribution in [0.3, 0.4) is 0 Å². The van der Waals surface area contributed by atoms with Crippen LogP contribution in [0.25, 0.3) is 0 Å². The first-order valence-corrected chi connectivity index (χ1v) is 38.6. The number of aryl methyl sites for hydroxylation is 1. The topological polar surface area (TPSA) is 446 Å². The van der Waals surface area contributed by atoms with Crippen LogP contribution in [0.2, 0.25) is 0 Å². The zero-order chi connectivity index (χ0) is 81.9. The van der Waals surface area contributed by atoms with E-state index < -0.39 is 113 Å². The molecule has 0 radical (unpaired) electrons. The summed E-state index contributed by atoms with van der Waals surface area (Å²) in [5.41, 5.74) is 6.52. The first kappa shape index (κ1) is 91.9. The van der Waals surface area contributed by atoms with E-state index in [1.165, 1.54) is 74.6 Å². The first-order chi connectivity index (χ1) is 51.8. The Bertz CT molecular complexity index is 3490. The van der Waals surface area contributed by atoms with Crippen LogP contribution in [0, 0.1) is 45.6 Å². The molecular formula is C81H124N4O25. The second kappa shape index (κ2) is 41.7. The van der Waals surface area contributed by atoms with Gasteiger partial charge in [0.2, 0.25) is 5.79 Å². The van der Waals surface area contributed by atoms with E-state index >= 15 is 0 Å². The third kappa shape index (κ3) is 24.0. The number of ether oxygens (including phenoxy) is 8. The van der Waals surface area contributed by atoms with E-state index in [1.807, 2.05) is 39.0 Å². The number of carboxylic acids is 1. The Hall–Kier alpha value is -6.97. The summed E-state index contributed by atoms with van der Waals surface area (Å²) in [6.07, 6.45) is 12.6. The number of nitrogens with two attached hydrogens (primary N) is 1. The van der Waals surface area contributed by atoms with Crippen LogP contribution in [0.4, 0.5) is 0 Å². The minimum atomic E-state index is -2.51. The number of methoxy groups -OCH3 is 3. The van der Waals surface area contributed by atoms with E-state index in [9.17, 15) is 49.5 Å². The van der Waals surface area contributed by atoms with E-state index in [-0.39, 0.29) is 104 Å². The summed E-state index contributed by atoms with van der Waals surface area (Å²) in [7, 11) is 4.61. The molecular weight excluding hydrogens is 1430 g/mol. The number of nitrogens with one attached hydrogen (secondary N) is 1. The molecule has 1 amide bonds. The number of phenols is 3. The van der Waals surface area contributed by atoms with Crippen LogP contribution >= 0.6 is 0 Å². The van der Waals surface area contributed by atoms with E-state index in [1.54, 1.807) is 27.0 Å². The molecule has 6 aliphatic heterocycles. The lowest BCUT2D eigenvalue weighted by atomic mass is 9.68. The Morgan fingerprint density at radius 3 is 2.03 bits per heavy atom. The van der Waals surface area contributed by atoms with Crippen molar-refractivity contribution in [1.29, 1.82) is 0 Å². The van der Waals surface area contributed by atoms with Gasteiger partial charge in [0.15, 0.2) is 11.5 Å². The van der Waals surface area contributed by atoms with Crippen LogP contribution in [0.1, 0.15) is 195 Å². The zero-order valence-electron chi connectivity index (χ0n) is 66.3. The van der Waals surface area contributed by atoms with Gasteiger partial charge in [-0.05, 0) is 184 Å². The van der Waals surface area contributed by atoms with Crippen LogP contribution in [0.5, 0.6) is 23.0 Å². The number of aliphatic hydroxyl groups excluding tert-OH is 4. The number of esters is 1. The number of carboxylic acid groups (broad SMARTS) is 1. The fraction of sp³-hybridized carbons (Fsp3) is 0.691. The highest BCUT2D eigenvalue weighted by Gasteiger charge is 2.57. The fourth-order valence-corrected chi connectivity index (χ4v) is 16.5. The monoisotopic (exact) mass is 1550 g/mol. The van der Waals surface area contributed by atoms with Gasteiger partial charge in [-0.25, -0.2) is 10.2 Å². The second-order valence-corrected chi connectivity index (χ2v) is 31.9. The van der Waals surface area contributed by atoms with Crippen molar-refractivity contribution in [1.82, 2.24) is 10.3 Å². The predicted molar refractivity (Wildman–Crippen MR) is 405 cm³/mol. The largest absolute Gasteiger partial charge is 0.507 e. The molecule has 29 nitrogen and oxygen atoms in total. The van der Waals surface area contributed by atoms with Crippen molar-refractivity contribution in [3.63, 3.8) is 0 Å². The summed E-state index contributed by atoms with van der Waals surface area (Å²) in [5.74, 6) is -2.17. The van der Waals surface area contributed by atoms with E-state index in [4.69, 9.17) is 79.5 Å². The number of carbonyl (C=O) groups excluding carboxylic acids is 4. The van der Waals surface area contributed by atoms with E-state index in [0.717, 1.165) is 36.1 Å². The summed E-state index contributed by atoms with van der Waals surface area (Å²) >= 11 is 0. The minimum Gasteiger partial charge on any atom is -0.507 e. The highest BCUT2D eigenvalue weighted by Crippen LogP contribution is 2.54. The number of rotatable bonds is 15. The zero-order valence-corrected chi connectivity index (χ0v) is 66.3. The number of aliphatic carboxylic acids is 1. The summed E-state index contributed by atoms with van der Waals surface area (Å²) in [5, 5.41) is 104. The molecule has 2 aromatic carbocycles. The quantitative estimate of drug-likeness (QED) is 0.0116. The van der Waals surface area contributed by atoms with Gasteiger partial charge in [0.05, 0.1) is 43.7 Å². The first-order valence-electron chi connectivity index (χ1n) is 38.6. The SMILES string of the molecule is C=CC[C@@H]1/C=C(\C)C[C@H](C)C[C@H](OC)[C@H]2O[C@@](O)(C(=O)C(=O)N3CCCC[C@H]3C(=O)O[C@H](/C(C)=C/[C@@H]3CC[C@@H](O)[C@H](OC)C3)[C@H](C)[C@@H](O)CC1=O)[C@H](C)C[C@@H]2OC.CCCCCc1cc(O)c2c(c1)OC(C)(C)[C@@H]1CCC(C)=C[C@@H]21.C[C@@](Cc1ccc(O)c(O)c1)(NN)C(=O)O.O=[N+]([O-])O.O[C@@H]1CO[C@H]2[C@@H]1OC[C@@H]2O. The number of aromatic hydroxyl groups is 3. The van der Waals surface area contributed by atoms with Crippen molar-refractivity contribution in [3.8, 4) is 23.0 Å². The molecule has 618 valence electrons. The lowest BCUT2D eigenvalue weighted by Crippen LogP contribution is -2.64. The molecule has 21 atom stereocenters. The molecule has 1 saturated carbocycles. The maximum atomic E-state index is 14.3. The van der Waals surface area contributed by atoms with Gasteiger partial charge in [0.1, 0.15) is 71.1 Å². The summed E-state index contributed by atoms with van der Waals surface area (Å²) in [6.45, 7) is 23.9. The third-order valence-electron chi connectivity index (χ3n) is 22.9. The molecule has 6 heterocycles. The second-order valence-electron chi connectivity index (χ2n) is 31.9. The lowest BCUT2D eigenvalue weighted by molar-refractivity contribution is -0.742. The van der Waals surface area contributed by atoms with Crippen molar-refractivity contribution in [2.45, 2.75) is 281 Å². The number of unbranched alkanes of at least 4 members (excludes halogenated alkanes) is 2. The molecule has 110 heavy (non-hydrogen) atoms. The van der Waals surface area contributed by atoms with Gasteiger partial charge in [-0.3, -0.25) is 25.0 Å². The third-order valence-corrected chi connectivity index (χ3v) is 22.9. The van der Waals surface area contributed by atoms with Crippen LogP contribution in [-0.4, -0.2) is 222 Å². The Kier molecular flexibility index (Phi) is 34.8. The fourth-order valence-electron chi connectivity index (χ4n) is 16.5. The molecule has 4 saturated heterocycles. The molecule has 0 spiro atoms. The molecule has 5 fully saturated rings. The molecule has 2 aromatic rings. The van der Waals surface area contributed by atoms with E-state index in [0.29, 0.717) is 74.2 Å². The van der Waals surface area contributed by atoms with Gasteiger partial charge < -0.3 is 94.0 Å². The smallest absolute Gasteiger partial charge is 0.329 e. The molecule has 8 aliphatic rings. The Morgan fingerprint density at radius 1 is 0.809 bits per heavy atom. The minimum absolute atomic E-state index is 0.00988. The Labute approximate surface area is 646 Å². The molecule has 29 heteroatoms. The maximum Gasteiger partial charge on any atom is 0.329 e. The van der Waals surface area contributed by atoms with Crippen molar-refractivity contribution in [3.05, 3.63) is 105 Å². The van der Waals surface area contributed by atoms with Crippen LogP contribution in [0.15, 0.2) is 77.9 Å². The number of ketones is 2. The summed E-state index contributed by atoms with van der Waals surface area (Å²) < 4.78 is 46.3. The van der Waals surface area contributed by atoms with Gasteiger partial charge in [0, 0.05) is 75.9 Å².